The Morgan fingerprint density at radius 1 is 1.12 bits per heavy atom. The first-order valence-electron chi connectivity index (χ1n) is 6.80. The van der Waals surface area contributed by atoms with Crippen molar-refractivity contribution in [2.45, 2.75) is 33.1 Å². The van der Waals surface area contributed by atoms with Crippen molar-refractivity contribution in [1.82, 2.24) is 4.90 Å². The molecular weight excluding hydrogens is 208 g/mol. The highest BCUT2D eigenvalue weighted by Gasteiger charge is 2.17. The van der Waals surface area contributed by atoms with Gasteiger partial charge in [-0.2, -0.15) is 0 Å². The van der Waals surface area contributed by atoms with Crippen LogP contribution in [0.25, 0.3) is 0 Å². The minimum atomic E-state index is 1.03. The molecule has 1 aromatic carbocycles. The van der Waals surface area contributed by atoms with Crippen molar-refractivity contribution in [2.24, 2.45) is 0 Å². The molecule has 0 bridgehead atoms. The maximum Gasteiger partial charge on any atom is 0.0704 e. The number of hydrogen-bond donors (Lipinski definition) is 0. The fourth-order valence-corrected chi connectivity index (χ4v) is 2.63. The van der Waals surface area contributed by atoms with Crippen LogP contribution in [0.5, 0.6) is 0 Å². The molecule has 0 saturated carbocycles. The fraction of sp³-hybridized carbons (Fsp3) is 0.600. The molecule has 0 N–H and O–H groups in total. The van der Waals surface area contributed by atoms with Crippen molar-refractivity contribution in [3.05, 3.63) is 29.3 Å². The van der Waals surface area contributed by atoms with Crippen LogP contribution in [0.2, 0.25) is 0 Å². The van der Waals surface area contributed by atoms with E-state index < -0.39 is 0 Å². The molecule has 1 aromatic rings. The third-order valence-electron chi connectivity index (χ3n) is 3.80. The van der Waals surface area contributed by atoms with Crippen LogP contribution >= 0.6 is 0 Å². The molecule has 0 amide bonds. The van der Waals surface area contributed by atoms with Crippen molar-refractivity contribution < 1.29 is 0 Å². The van der Waals surface area contributed by atoms with E-state index in [1.807, 2.05) is 0 Å². The number of fused-ring (bicyclic) bond motifs is 1. The number of anilines is 1. The molecule has 94 valence electrons. The maximum absolute atomic E-state index is 2.49. The number of benzene rings is 1. The predicted molar refractivity (Wildman–Crippen MR) is 74.7 cm³/mol. The fourth-order valence-electron chi connectivity index (χ4n) is 2.63. The lowest BCUT2D eigenvalue weighted by Crippen LogP contribution is -2.36. The average molecular weight is 232 g/mol. The van der Waals surface area contributed by atoms with E-state index in [4.69, 9.17) is 0 Å². The van der Waals surface area contributed by atoms with E-state index in [1.165, 1.54) is 24.9 Å². The summed E-state index contributed by atoms with van der Waals surface area (Å²) in [6.07, 6.45) is 3.86. The highest BCUT2D eigenvalue weighted by atomic mass is 15.3. The maximum atomic E-state index is 2.49. The summed E-state index contributed by atoms with van der Waals surface area (Å²) in [6, 6.07) is 6.80. The number of rotatable bonds is 5. The Balaban J connectivity index is 2.22. The molecule has 0 fully saturated rings. The lowest BCUT2D eigenvalue weighted by molar-refractivity contribution is 0.351. The Morgan fingerprint density at radius 3 is 2.65 bits per heavy atom. The van der Waals surface area contributed by atoms with E-state index in [9.17, 15) is 0 Å². The van der Waals surface area contributed by atoms with Gasteiger partial charge < -0.3 is 4.90 Å². The van der Waals surface area contributed by atoms with Gasteiger partial charge in [-0.1, -0.05) is 19.1 Å². The first kappa shape index (κ1) is 12.4. The van der Waals surface area contributed by atoms with Gasteiger partial charge in [-0.3, -0.25) is 4.90 Å². The molecule has 2 rings (SSSR count). The van der Waals surface area contributed by atoms with Gasteiger partial charge in [0.2, 0.25) is 0 Å². The second-order valence-electron chi connectivity index (χ2n) is 4.94. The van der Waals surface area contributed by atoms with E-state index in [1.54, 1.807) is 11.1 Å². The lowest BCUT2D eigenvalue weighted by Gasteiger charge is -2.30. The third-order valence-corrected chi connectivity index (χ3v) is 3.80. The molecule has 17 heavy (non-hydrogen) atoms. The van der Waals surface area contributed by atoms with Crippen LogP contribution in [-0.4, -0.2) is 31.7 Å². The predicted octanol–water partition coefficient (Wildman–Crippen LogP) is 2.91. The molecule has 0 heterocycles. The van der Waals surface area contributed by atoms with Crippen molar-refractivity contribution in [3.8, 4) is 0 Å². The summed E-state index contributed by atoms with van der Waals surface area (Å²) in [5.41, 5.74) is 4.63. The zero-order valence-electron chi connectivity index (χ0n) is 11.4. The van der Waals surface area contributed by atoms with E-state index >= 15 is 0 Å². The van der Waals surface area contributed by atoms with Crippen molar-refractivity contribution >= 4 is 5.69 Å². The summed E-state index contributed by atoms with van der Waals surface area (Å²) in [7, 11) is 2.19. The minimum Gasteiger partial charge on any atom is -0.359 e. The summed E-state index contributed by atoms with van der Waals surface area (Å²) in [6.45, 7) is 7.68. The van der Waals surface area contributed by atoms with E-state index in [0.717, 1.165) is 19.8 Å². The molecule has 0 unspecified atom stereocenters. The zero-order valence-corrected chi connectivity index (χ0v) is 11.4. The van der Waals surface area contributed by atoms with E-state index in [2.05, 4.69) is 48.9 Å². The summed E-state index contributed by atoms with van der Waals surface area (Å²) >= 11 is 0. The van der Waals surface area contributed by atoms with Crippen LogP contribution in [0.4, 0.5) is 5.69 Å². The van der Waals surface area contributed by atoms with Gasteiger partial charge in [0.1, 0.15) is 0 Å². The van der Waals surface area contributed by atoms with Crippen LogP contribution in [0.15, 0.2) is 18.2 Å². The SMILES string of the molecule is CCN(C)CN(CC)c1cccc2c1CCC2. The van der Waals surface area contributed by atoms with Gasteiger partial charge in [0, 0.05) is 12.2 Å². The van der Waals surface area contributed by atoms with E-state index in [0.29, 0.717) is 0 Å². The van der Waals surface area contributed by atoms with Gasteiger partial charge in [0.25, 0.3) is 0 Å². The number of aryl methyl sites for hydroxylation is 1. The average Bonchev–Trinajstić information content (AvgIpc) is 2.83. The lowest BCUT2D eigenvalue weighted by atomic mass is 10.1. The third kappa shape index (κ3) is 2.63. The first-order chi connectivity index (χ1) is 8.26. The van der Waals surface area contributed by atoms with Crippen LogP contribution in [0.1, 0.15) is 31.4 Å². The van der Waals surface area contributed by atoms with Crippen molar-refractivity contribution in [1.29, 1.82) is 0 Å². The smallest absolute Gasteiger partial charge is 0.0704 e. The summed E-state index contributed by atoms with van der Waals surface area (Å²) in [4.78, 5) is 4.85. The highest BCUT2D eigenvalue weighted by molar-refractivity contribution is 5.58. The molecule has 1 aliphatic rings. The van der Waals surface area contributed by atoms with Gasteiger partial charge in [-0.25, -0.2) is 0 Å². The largest absolute Gasteiger partial charge is 0.359 e. The Hall–Kier alpha value is -1.02. The van der Waals surface area contributed by atoms with E-state index in [-0.39, 0.29) is 0 Å². The number of nitrogens with zero attached hydrogens (tertiary/aromatic N) is 2. The van der Waals surface area contributed by atoms with Gasteiger partial charge in [0.15, 0.2) is 0 Å². The second kappa shape index (κ2) is 5.54. The minimum absolute atomic E-state index is 1.03. The summed E-state index contributed by atoms with van der Waals surface area (Å²) in [5, 5.41) is 0. The zero-order chi connectivity index (χ0) is 12.3. The monoisotopic (exact) mass is 232 g/mol. The Morgan fingerprint density at radius 2 is 1.94 bits per heavy atom. The Kier molecular flexibility index (Phi) is 4.06. The summed E-state index contributed by atoms with van der Waals surface area (Å²) < 4.78 is 0. The Labute approximate surface area is 105 Å². The quantitative estimate of drug-likeness (QED) is 0.720. The molecular formula is C15H24N2. The van der Waals surface area contributed by atoms with Gasteiger partial charge in [0.05, 0.1) is 6.67 Å². The first-order valence-corrected chi connectivity index (χ1v) is 6.80. The topological polar surface area (TPSA) is 6.48 Å². The Bertz CT molecular complexity index is 373. The number of hydrogen-bond acceptors (Lipinski definition) is 2. The van der Waals surface area contributed by atoms with Gasteiger partial charge in [-0.15, -0.1) is 0 Å². The van der Waals surface area contributed by atoms with Crippen LogP contribution in [0, 0.1) is 0 Å². The molecule has 0 radical (unpaired) electrons. The van der Waals surface area contributed by atoms with Crippen molar-refractivity contribution in [3.63, 3.8) is 0 Å². The standard InChI is InChI=1S/C15H24N2/c1-4-16(3)12-17(5-2)15-11-7-9-13-8-6-10-14(13)15/h7,9,11H,4-6,8,10,12H2,1-3H3. The molecule has 1 aliphatic carbocycles. The van der Waals surface area contributed by atoms with Crippen LogP contribution in [-0.2, 0) is 12.8 Å². The molecule has 0 spiro atoms. The second-order valence-corrected chi connectivity index (χ2v) is 4.94. The molecule has 0 aromatic heterocycles. The van der Waals surface area contributed by atoms with Crippen LogP contribution in [0.3, 0.4) is 0 Å². The molecule has 0 saturated heterocycles. The van der Waals surface area contributed by atoms with Crippen molar-refractivity contribution in [2.75, 3.05) is 31.7 Å². The molecule has 2 heteroatoms. The van der Waals surface area contributed by atoms with Gasteiger partial charge >= 0.3 is 0 Å². The molecule has 0 atom stereocenters. The normalized spacial score (nSPS) is 14.1. The van der Waals surface area contributed by atoms with Gasteiger partial charge in [-0.05, 0) is 57.0 Å². The molecule has 0 aliphatic heterocycles. The van der Waals surface area contributed by atoms with Crippen LogP contribution < -0.4 is 4.90 Å². The highest BCUT2D eigenvalue weighted by Crippen LogP contribution is 2.31. The summed E-state index contributed by atoms with van der Waals surface area (Å²) in [5.74, 6) is 0. The molecule has 2 nitrogen and oxygen atoms in total.